The molecule has 94 valence electrons. The van der Waals surface area contributed by atoms with E-state index >= 15 is 0 Å². The second-order valence-electron chi connectivity index (χ2n) is 5.83. The van der Waals surface area contributed by atoms with E-state index in [2.05, 4.69) is 24.2 Å². The molecule has 0 bridgehead atoms. The maximum Gasteiger partial charge on any atom is 0.00791 e. The smallest absolute Gasteiger partial charge is 0.00791 e. The molecule has 2 fully saturated rings. The van der Waals surface area contributed by atoms with Gasteiger partial charge in [-0.2, -0.15) is 0 Å². The van der Waals surface area contributed by atoms with Crippen molar-refractivity contribution in [1.29, 1.82) is 0 Å². The van der Waals surface area contributed by atoms with E-state index in [1.807, 2.05) is 0 Å². The van der Waals surface area contributed by atoms with Crippen molar-refractivity contribution in [1.82, 2.24) is 10.2 Å². The van der Waals surface area contributed by atoms with Gasteiger partial charge in [0.15, 0.2) is 0 Å². The Morgan fingerprint density at radius 3 is 2.69 bits per heavy atom. The Morgan fingerprint density at radius 2 is 1.94 bits per heavy atom. The summed E-state index contributed by atoms with van der Waals surface area (Å²) in [5, 5.41) is 3.27. The van der Waals surface area contributed by atoms with Gasteiger partial charge in [-0.05, 0) is 58.2 Å². The first kappa shape index (κ1) is 12.4. The Bertz CT molecular complexity index is 205. The zero-order valence-corrected chi connectivity index (χ0v) is 11.0. The Hall–Kier alpha value is -0.0800. The molecule has 3 unspecified atom stereocenters. The topological polar surface area (TPSA) is 15.3 Å². The van der Waals surface area contributed by atoms with Gasteiger partial charge >= 0.3 is 0 Å². The van der Waals surface area contributed by atoms with E-state index in [1.54, 1.807) is 0 Å². The molecule has 2 aliphatic rings. The van der Waals surface area contributed by atoms with Crippen LogP contribution >= 0.6 is 0 Å². The lowest BCUT2D eigenvalue weighted by Crippen LogP contribution is -2.46. The first-order valence-electron chi connectivity index (χ1n) is 7.20. The Balaban J connectivity index is 1.79. The highest BCUT2D eigenvalue weighted by Crippen LogP contribution is 2.36. The highest BCUT2D eigenvalue weighted by Gasteiger charge is 2.32. The van der Waals surface area contributed by atoms with Crippen molar-refractivity contribution in [3.8, 4) is 0 Å². The predicted octanol–water partition coefficient (Wildman–Crippen LogP) is 2.50. The molecular weight excluding hydrogens is 196 g/mol. The van der Waals surface area contributed by atoms with Gasteiger partial charge in [-0.3, -0.25) is 0 Å². The molecule has 0 amide bonds. The number of hydrogen-bond acceptors (Lipinski definition) is 2. The summed E-state index contributed by atoms with van der Waals surface area (Å²) < 4.78 is 0. The highest BCUT2D eigenvalue weighted by molar-refractivity contribution is 4.85. The summed E-state index contributed by atoms with van der Waals surface area (Å²) in [6, 6.07) is 0.773. The second kappa shape index (κ2) is 6.02. The van der Waals surface area contributed by atoms with E-state index in [9.17, 15) is 0 Å². The highest BCUT2D eigenvalue weighted by atomic mass is 15.2. The fourth-order valence-electron chi connectivity index (χ4n) is 3.57. The zero-order chi connectivity index (χ0) is 11.4. The first-order valence-corrected chi connectivity index (χ1v) is 7.20. The summed E-state index contributed by atoms with van der Waals surface area (Å²) in [7, 11) is 2.06. The van der Waals surface area contributed by atoms with Crippen LogP contribution in [0.4, 0.5) is 0 Å². The van der Waals surface area contributed by atoms with Gasteiger partial charge in [0.05, 0.1) is 0 Å². The van der Waals surface area contributed by atoms with Gasteiger partial charge in [-0.15, -0.1) is 0 Å². The lowest BCUT2D eigenvalue weighted by atomic mass is 9.75. The average Bonchev–Trinajstić information content (AvgIpc) is 2.35. The lowest BCUT2D eigenvalue weighted by Gasteiger charge is -2.43. The van der Waals surface area contributed by atoms with Crippen LogP contribution < -0.4 is 5.32 Å². The third kappa shape index (κ3) is 2.98. The van der Waals surface area contributed by atoms with Gasteiger partial charge in [-0.25, -0.2) is 0 Å². The summed E-state index contributed by atoms with van der Waals surface area (Å²) in [5.74, 6) is 2.10. The SMILES string of the molecule is CNCCC(C)N1CCC2CCCCC2C1. The van der Waals surface area contributed by atoms with Crippen LogP contribution in [0.2, 0.25) is 0 Å². The van der Waals surface area contributed by atoms with Crippen LogP contribution in [0, 0.1) is 11.8 Å². The third-order valence-corrected chi connectivity index (χ3v) is 4.76. The van der Waals surface area contributed by atoms with Crippen LogP contribution in [0.5, 0.6) is 0 Å². The molecule has 2 heteroatoms. The number of piperidine rings is 1. The molecular formula is C14H28N2. The van der Waals surface area contributed by atoms with Crippen molar-refractivity contribution >= 4 is 0 Å². The van der Waals surface area contributed by atoms with Gasteiger partial charge in [0.1, 0.15) is 0 Å². The van der Waals surface area contributed by atoms with Crippen LogP contribution in [0.1, 0.15) is 45.4 Å². The van der Waals surface area contributed by atoms with E-state index < -0.39 is 0 Å². The standard InChI is InChI=1S/C14H28N2/c1-12(7-9-15-2)16-10-8-13-5-3-4-6-14(13)11-16/h12-15H,3-11H2,1-2H3. The van der Waals surface area contributed by atoms with Crippen LogP contribution in [-0.2, 0) is 0 Å². The molecule has 1 saturated carbocycles. The maximum atomic E-state index is 3.27. The second-order valence-corrected chi connectivity index (χ2v) is 5.83. The maximum absolute atomic E-state index is 3.27. The molecule has 3 atom stereocenters. The molecule has 0 radical (unpaired) electrons. The quantitative estimate of drug-likeness (QED) is 0.789. The molecule has 16 heavy (non-hydrogen) atoms. The van der Waals surface area contributed by atoms with Gasteiger partial charge in [0, 0.05) is 12.6 Å². The minimum Gasteiger partial charge on any atom is -0.320 e. The number of nitrogens with one attached hydrogen (secondary N) is 1. The molecule has 0 spiro atoms. The van der Waals surface area contributed by atoms with Crippen molar-refractivity contribution in [3.05, 3.63) is 0 Å². The largest absolute Gasteiger partial charge is 0.320 e. The van der Waals surface area contributed by atoms with Gasteiger partial charge in [0.2, 0.25) is 0 Å². The predicted molar refractivity (Wildman–Crippen MR) is 69.6 cm³/mol. The minimum absolute atomic E-state index is 0.773. The first-order chi connectivity index (χ1) is 7.81. The van der Waals surface area contributed by atoms with Crippen molar-refractivity contribution < 1.29 is 0 Å². The Kier molecular flexibility index (Phi) is 4.66. The molecule has 1 aliphatic heterocycles. The average molecular weight is 224 g/mol. The minimum atomic E-state index is 0.773. The summed E-state index contributed by atoms with van der Waals surface area (Å²) in [4.78, 5) is 2.74. The number of nitrogens with zero attached hydrogens (tertiary/aromatic N) is 1. The van der Waals surface area contributed by atoms with Crippen molar-refractivity contribution in [3.63, 3.8) is 0 Å². The van der Waals surface area contributed by atoms with Gasteiger partial charge in [0.25, 0.3) is 0 Å². The van der Waals surface area contributed by atoms with E-state index in [-0.39, 0.29) is 0 Å². The number of hydrogen-bond donors (Lipinski definition) is 1. The van der Waals surface area contributed by atoms with Crippen molar-refractivity contribution in [2.45, 2.75) is 51.5 Å². The summed E-state index contributed by atoms with van der Waals surface area (Å²) >= 11 is 0. The zero-order valence-electron chi connectivity index (χ0n) is 11.0. The normalized spacial score (nSPS) is 33.4. The molecule has 1 aliphatic carbocycles. The molecule has 2 nitrogen and oxygen atoms in total. The molecule has 0 aromatic rings. The molecule has 0 aromatic heterocycles. The lowest BCUT2D eigenvalue weighted by molar-refractivity contribution is 0.0595. The number of fused-ring (bicyclic) bond motifs is 1. The molecule has 0 aromatic carbocycles. The van der Waals surface area contributed by atoms with Gasteiger partial charge in [-0.1, -0.05) is 19.3 Å². The molecule has 2 rings (SSSR count). The van der Waals surface area contributed by atoms with Crippen molar-refractivity contribution in [2.24, 2.45) is 11.8 Å². The Morgan fingerprint density at radius 1 is 1.19 bits per heavy atom. The van der Waals surface area contributed by atoms with E-state index in [0.717, 1.165) is 24.4 Å². The van der Waals surface area contributed by atoms with Crippen LogP contribution in [0.25, 0.3) is 0 Å². The number of likely N-dealkylation sites (tertiary alicyclic amines) is 1. The van der Waals surface area contributed by atoms with Crippen LogP contribution in [0.15, 0.2) is 0 Å². The van der Waals surface area contributed by atoms with E-state index in [4.69, 9.17) is 0 Å². The fraction of sp³-hybridized carbons (Fsp3) is 1.00. The van der Waals surface area contributed by atoms with E-state index in [1.165, 1.54) is 51.6 Å². The van der Waals surface area contributed by atoms with Crippen LogP contribution in [0.3, 0.4) is 0 Å². The number of rotatable bonds is 4. The fourth-order valence-corrected chi connectivity index (χ4v) is 3.57. The summed E-state index contributed by atoms with van der Waals surface area (Å²) in [6.45, 7) is 6.30. The van der Waals surface area contributed by atoms with E-state index in [0.29, 0.717) is 0 Å². The monoisotopic (exact) mass is 224 g/mol. The molecule has 1 N–H and O–H groups in total. The summed E-state index contributed by atoms with van der Waals surface area (Å²) in [5.41, 5.74) is 0. The summed E-state index contributed by atoms with van der Waals surface area (Å²) in [6.07, 6.45) is 8.77. The Labute approximate surface area is 101 Å². The third-order valence-electron chi connectivity index (χ3n) is 4.76. The molecule has 1 saturated heterocycles. The van der Waals surface area contributed by atoms with Gasteiger partial charge < -0.3 is 10.2 Å². The van der Waals surface area contributed by atoms with Crippen molar-refractivity contribution in [2.75, 3.05) is 26.7 Å². The molecule has 1 heterocycles. The van der Waals surface area contributed by atoms with Crippen LogP contribution in [-0.4, -0.2) is 37.6 Å².